The van der Waals surface area contributed by atoms with Crippen LogP contribution in [0.1, 0.15) is 19.8 Å². The third-order valence-electron chi connectivity index (χ3n) is 4.80. The molecule has 0 radical (unpaired) electrons. The van der Waals surface area contributed by atoms with Gasteiger partial charge in [-0.15, -0.1) is 10.2 Å². The highest BCUT2D eigenvalue weighted by Crippen LogP contribution is 2.36. The van der Waals surface area contributed by atoms with Gasteiger partial charge in [0.1, 0.15) is 12.3 Å². The predicted molar refractivity (Wildman–Crippen MR) is 103 cm³/mol. The van der Waals surface area contributed by atoms with Crippen LogP contribution in [0.4, 0.5) is 13.2 Å². The van der Waals surface area contributed by atoms with Gasteiger partial charge in [0.25, 0.3) is 0 Å². The average Bonchev–Trinajstić information content (AvgIpc) is 3.47. The molecule has 0 bridgehead atoms. The maximum Gasteiger partial charge on any atom is 0.406 e. The topological polar surface area (TPSA) is 86.3 Å². The maximum atomic E-state index is 12.9. The lowest BCUT2D eigenvalue weighted by Crippen LogP contribution is -2.46. The van der Waals surface area contributed by atoms with Crippen molar-refractivity contribution < 1.29 is 22.7 Å². The van der Waals surface area contributed by atoms with Crippen LogP contribution in [0, 0.1) is 5.92 Å². The lowest BCUT2D eigenvalue weighted by atomic mass is 10.2. The van der Waals surface area contributed by atoms with Crippen LogP contribution in [0.2, 0.25) is 0 Å². The van der Waals surface area contributed by atoms with E-state index in [1.807, 2.05) is 0 Å². The first-order valence-electron chi connectivity index (χ1n) is 9.03. The molecule has 1 saturated carbocycles. The molecule has 1 heterocycles. The van der Waals surface area contributed by atoms with Gasteiger partial charge < -0.3 is 15.5 Å². The van der Waals surface area contributed by atoms with Crippen LogP contribution in [0.3, 0.4) is 0 Å². The molecule has 1 aromatic carbocycles. The third-order valence-corrected chi connectivity index (χ3v) is 5.73. The van der Waals surface area contributed by atoms with E-state index in [-0.39, 0.29) is 16.8 Å². The van der Waals surface area contributed by atoms with Crippen molar-refractivity contribution in [1.29, 1.82) is 0 Å². The smallest absolute Gasteiger partial charge is 0.406 e. The second-order valence-electron chi connectivity index (χ2n) is 6.91. The van der Waals surface area contributed by atoms with Crippen LogP contribution in [0.5, 0.6) is 5.75 Å². The van der Waals surface area contributed by atoms with Gasteiger partial charge in [0.2, 0.25) is 11.1 Å². The molecule has 2 N–H and O–H groups in total. The number of ether oxygens (including phenoxy) is 1. The number of amides is 1. The Bertz CT molecular complexity index is 852. The number of aromatic nitrogens is 3. The standard InChI is InChI=1S/C18H22F3N5O2S/c1-11(12-3-4-12)25(10-18(19,20)21)15(27)9-29-17-24-23-16(26(17)22)13-5-7-14(28-2)8-6-13/h5-8,11-12H,3-4,9-10,22H2,1-2H3/t11-/m1/s1. The van der Waals surface area contributed by atoms with Crippen molar-refractivity contribution in [3.63, 3.8) is 0 Å². The maximum absolute atomic E-state index is 12.9. The minimum atomic E-state index is -4.45. The van der Waals surface area contributed by atoms with Crippen molar-refractivity contribution in [2.45, 2.75) is 37.1 Å². The summed E-state index contributed by atoms with van der Waals surface area (Å²) in [7, 11) is 1.55. The van der Waals surface area contributed by atoms with Gasteiger partial charge in [-0.25, -0.2) is 4.68 Å². The van der Waals surface area contributed by atoms with Gasteiger partial charge in [-0.05, 0) is 49.9 Å². The fourth-order valence-electron chi connectivity index (χ4n) is 3.01. The lowest BCUT2D eigenvalue weighted by Gasteiger charge is -2.30. The third kappa shape index (κ3) is 5.34. The summed E-state index contributed by atoms with van der Waals surface area (Å²) in [6.07, 6.45) is -2.75. The number of alkyl halides is 3. The van der Waals surface area contributed by atoms with Crippen molar-refractivity contribution in [3.05, 3.63) is 24.3 Å². The quantitative estimate of drug-likeness (QED) is 0.513. The number of hydrogen-bond acceptors (Lipinski definition) is 6. The Balaban J connectivity index is 1.67. The summed E-state index contributed by atoms with van der Waals surface area (Å²) in [5.41, 5.74) is 0.694. The van der Waals surface area contributed by atoms with Crippen molar-refractivity contribution in [3.8, 4) is 17.1 Å². The number of nitrogen functional groups attached to an aromatic ring is 1. The summed E-state index contributed by atoms with van der Waals surface area (Å²) >= 11 is 0.963. The second-order valence-corrected chi connectivity index (χ2v) is 7.85. The summed E-state index contributed by atoms with van der Waals surface area (Å²) in [6.45, 7) is 0.412. The molecular formula is C18H22F3N5O2S. The van der Waals surface area contributed by atoms with Crippen LogP contribution in [-0.4, -0.2) is 57.3 Å². The Morgan fingerprint density at radius 1 is 1.34 bits per heavy atom. The Morgan fingerprint density at radius 3 is 2.55 bits per heavy atom. The Morgan fingerprint density at radius 2 is 2.00 bits per heavy atom. The van der Waals surface area contributed by atoms with E-state index in [1.54, 1.807) is 38.3 Å². The summed E-state index contributed by atoms with van der Waals surface area (Å²) in [5.74, 6) is 6.40. The molecular weight excluding hydrogens is 407 g/mol. The van der Waals surface area contributed by atoms with Crippen molar-refractivity contribution in [2.24, 2.45) is 5.92 Å². The second kappa shape index (κ2) is 8.52. The number of carbonyl (C=O) groups excluding carboxylic acids is 1. The molecule has 0 spiro atoms. The molecule has 11 heteroatoms. The molecule has 7 nitrogen and oxygen atoms in total. The zero-order valence-corrected chi connectivity index (χ0v) is 16.8. The van der Waals surface area contributed by atoms with Crippen LogP contribution in [0.15, 0.2) is 29.4 Å². The van der Waals surface area contributed by atoms with Gasteiger partial charge in [0.15, 0.2) is 5.82 Å². The van der Waals surface area contributed by atoms with E-state index in [0.717, 1.165) is 29.5 Å². The number of benzene rings is 1. The first-order chi connectivity index (χ1) is 13.7. The number of thioether (sulfide) groups is 1. The SMILES string of the molecule is COc1ccc(-c2nnc(SCC(=O)N(CC(F)(F)F)[C@H](C)C3CC3)n2N)cc1. The summed E-state index contributed by atoms with van der Waals surface area (Å²) in [4.78, 5) is 13.4. The molecule has 3 rings (SSSR count). The Labute approximate surface area is 170 Å². The molecule has 1 amide bonds. The lowest BCUT2D eigenvalue weighted by molar-refractivity contribution is -0.164. The van der Waals surface area contributed by atoms with E-state index in [0.29, 0.717) is 17.1 Å². The molecule has 0 unspecified atom stereocenters. The first-order valence-corrected chi connectivity index (χ1v) is 10.0. The van der Waals surface area contributed by atoms with Gasteiger partial charge >= 0.3 is 6.18 Å². The fourth-order valence-corrected chi connectivity index (χ4v) is 3.75. The van der Waals surface area contributed by atoms with Gasteiger partial charge in [0.05, 0.1) is 12.9 Å². The molecule has 2 aromatic rings. The number of methoxy groups -OCH3 is 1. The van der Waals surface area contributed by atoms with Gasteiger partial charge in [0, 0.05) is 11.6 Å². The van der Waals surface area contributed by atoms with Crippen LogP contribution in [-0.2, 0) is 4.79 Å². The van der Waals surface area contributed by atoms with Crippen molar-refractivity contribution in [1.82, 2.24) is 19.8 Å². The zero-order chi connectivity index (χ0) is 21.2. The molecule has 158 valence electrons. The first kappa shape index (κ1) is 21.3. The van der Waals surface area contributed by atoms with E-state index >= 15 is 0 Å². The highest BCUT2D eigenvalue weighted by atomic mass is 32.2. The average molecular weight is 429 g/mol. The summed E-state index contributed by atoms with van der Waals surface area (Å²) in [6, 6.07) is 6.56. The van der Waals surface area contributed by atoms with Crippen LogP contribution < -0.4 is 10.6 Å². The molecule has 1 aromatic heterocycles. The minimum absolute atomic E-state index is 0.131. The van der Waals surface area contributed by atoms with Crippen LogP contribution >= 0.6 is 11.8 Å². The minimum Gasteiger partial charge on any atom is -0.497 e. The molecule has 1 atom stereocenters. The number of carbonyl (C=O) groups is 1. The Kier molecular flexibility index (Phi) is 6.25. The molecule has 1 fully saturated rings. The predicted octanol–water partition coefficient (Wildman–Crippen LogP) is 2.95. The molecule has 29 heavy (non-hydrogen) atoms. The number of halogens is 3. The van der Waals surface area contributed by atoms with Crippen molar-refractivity contribution in [2.75, 3.05) is 25.3 Å². The van der Waals surface area contributed by atoms with E-state index in [9.17, 15) is 18.0 Å². The zero-order valence-electron chi connectivity index (χ0n) is 16.0. The van der Waals surface area contributed by atoms with E-state index in [4.69, 9.17) is 10.6 Å². The molecule has 1 aliphatic rings. The monoisotopic (exact) mass is 429 g/mol. The van der Waals surface area contributed by atoms with E-state index < -0.39 is 24.7 Å². The number of rotatable bonds is 8. The number of nitrogens with two attached hydrogens (primary N) is 1. The highest BCUT2D eigenvalue weighted by molar-refractivity contribution is 7.99. The van der Waals surface area contributed by atoms with E-state index in [1.165, 1.54) is 4.68 Å². The Hall–Kier alpha value is -2.43. The summed E-state index contributed by atoms with van der Waals surface area (Å²) in [5, 5.41) is 8.22. The molecule has 0 aliphatic heterocycles. The normalized spacial score (nSPS) is 15.2. The fraction of sp³-hybridized carbons (Fsp3) is 0.500. The molecule has 1 aliphatic carbocycles. The van der Waals surface area contributed by atoms with Crippen molar-refractivity contribution >= 4 is 17.7 Å². The van der Waals surface area contributed by atoms with Gasteiger partial charge in [-0.3, -0.25) is 4.79 Å². The number of nitrogens with zero attached hydrogens (tertiary/aromatic N) is 4. The van der Waals surface area contributed by atoms with Gasteiger partial charge in [-0.1, -0.05) is 11.8 Å². The van der Waals surface area contributed by atoms with Crippen LogP contribution in [0.25, 0.3) is 11.4 Å². The number of hydrogen-bond donors (Lipinski definition) is 1. The molecule has 0 saturated heterocycles. The highest BCUT2D eigenvalue weighted by Gasteiger charge is 2.40. The van der Waals surface area contributed by atoms with E-state index in [2.05, 4.69) is 10.2 Å². The largest absolute Gasteiger partial charge is 0.497 e. The summed E-state index contributed by atoms with van der Waals surface area (Å²) < 4.78 is 45.1. The van der Waals surface area contributed by atoms with Gasteiger partial charge in [-0.2, -0.15) is 13.2 Å².